The molecule has 0 spiro atoms. The van der Waals surface area contributed by atoms with Crippen LogP contribution in [0.25, 0.3) is 0 Å². The summed E-state index contributed by atoms with van der Waals surface area (Å²) in [6.07, 6.45) is 3.60. The Morgan fingerprint density at radius 3 is 3.00 bits per heavy atom. The SMILES string of the molecule is CCNC(=S)NC(C)c1cccnc1. The van der Waals surface area contributed by atoms with Crippen molar-refractivity contribution >= 4 is 17.3 Å². The predicted molar refractivity (Wildman–Crippen MR) is 62.1 cm³/mol. The third-order valence-corrected chi connectivity index (χ3v) is 2.13. The number of thiocarbonyl (C=S) groups is 1. The van der Waals surface area contributed by atoms with Gasteiger partial charge in [0, 0.05) is 18.9 Å². The van der Waals surface area contributed by atoms with Gasteiger partial charge in [-0.05, 0) is 37.7 Å². The van der Waals surface area contributed by atoms with Crippen LogP contribution < -0.4 is 10.6 Å². The number of aromatic nitrogens is 1. The van der Waals surface area contributed by atoms with Crippen molar-refractivity contribution in [3.05, 3.63) is 30.1 Å². The monoisotopic (exact) mass is 209 g/mol. The number of pyridine rings is 1. The Morgan fingerprint density at radius 2 is 2.43 bits per heavy atom. The highest BCUT2D eigenvalue weighted by atomic mass is 32.1. The van der Waals surface area contributed by atoms with Crippen LogP contribution in [0.5, 0.6) is 0 Å². The van der Waals surface area contributed by atoms with Gasteiger partial charge in [-0.3, -0.25) is 4.98 Å². The zero-order chi connectivity index (χ0) is 10.4. The smallest absolute Gasteiger partial charge is 0.166 e. The van der Waals surface area contributed by atoms with Crippen molar-refractivity contribution in [2.75, 3.05) is 6.54 Å². The minimum atomic E-state index is 0.190. The van der Waals surface area contributed by atoms with Gasteiger partial charge >= 0.3 is 0 Å². The van der Waals surface area contributed by atoms with E-state index in [0.717, 1.165) is 12.1 Å². The zero-order valence-electron chi connectivity index (χ0n) is 8.45. The van der Waals surface area contributed by atoms with E-state index in [-0.39, 0.29) is 6.04 Å². The number of nitrogens with zero attached hydrogens (tertiary/aromatic N) is 1. The second-order valence-corrected chi connectivity index (χ2v) is 3.42. The summed E-state index contributed by atoms with van der Waals surface area (Å²) in [5.41, 5.74) is 1.13. The van der Waals surface area contributed by atoms with Crippen LogP contribution in [0.15, 0.2) is 24.5 Å². The summed E-state index contributed by atoms with van der Waals surface area (Å²) in [5.74, 6) is 0. The highest BCUT2D eigenvalue weighted by molar-refractivity contribution is 7.80. The summed E-state index contributed by atoms with van der Waals surface area (Å²) in [7, 11) is 0. The second-order valence-electron chi connectivity index (χ2n) is 3.01. The van der Waals surface area contributed by atoms with E-state index in [2.05, 4.69) is 22.5 Å². The summed E-state index contributed by atoms with van der Waals surface area (Å²) in [6.45, 7) is 4.91. The summed E-state index contributed by atoms with van der Waals surface area (Å²) < 4.78 is 0. The van der Waals surface area contributed by atoms with Crippen molar-refractivity contribution < 1.29 is 0 Å². The van der Waals surface area contributed by atoms with Gasteiger partial charge in [0.15, 0.2) is 5.11 Å². The van der Waals surface area contributed by atoms with Crippen LogP contribution in [-0.2, 0) is 0 Å². The molecular weight excluding hydrogens is 194 g/mol. The first-order valence-electron chi connectivity index (χ1n) is 4.68. The van der Waals surface area contributed by atoms with Crippen LogP contribution in [0.1, 0.15) is 25.5 Å². The van der Waals surface area contributed by atoms with E-state index in [9.17, 15) is 0 Å². The topological polar surface area (TPSA) is 37.0 Å². The van der Waals surface area contributed by atoms with E-state index >= 15 is 0 Å². The Bertz CT molecular complexity index is 287. The average molecular weight is 209 g/mol. The maximum absolute atomic E-state index is 5.09. The number of hydrogen-bond acceptors (Lipinski definition) is 2. The van der Waals surface area contributed by atoms with E-state index in [0.29, 0.717) is 5.11 Å². The minimum absolute atomic E-state index is 0.190. The highest BCUT2D eigenvalue weighted by Gasteiger charge is 2.05. The van der Waals surface area contributed by atoms with Gasteiger partial charge in [0.1, 0.15) is 0 Å². The van der Waals surface area contributed by atoms with Crippen molar-refractivity contribution in [3.8, 4) is 0 Å². The number of rotatable bonds is 3. The lowest BCUT2D eigenvalue weighted by atomic mass is 10.1. The number of nitrogens with one attached hydrogen (secondary N) is 2. The molecule has 1 aromatic heterocycles. The van der Waals surface area contributed by atoms with E-state index in [1.54, 1.807) is 6.20 Å². The van der Waals surface area contributed by atoms with Crippen LogP contribution in [0, 0.1) is 0 Å². The Morgan fingerprint density at radius 1 is 1.64 bits per heavy atom. The first kappa shape index (κ1) is 10.9. The fraction of sp³-hybridized carbons (Fsp3) is 0.400. The Kier molecular flexibility index (Phi) is 4.32. The average Bonchev–Trinajstić information content (AvgIpc) is 2.19. The second kappa shape index (κ2) is 5.54. The first-order chi connectivity index (χ1) is 6.74. The summed E-state index contributed by atoms with van der Waals surface area (Å²) in [5, 5.41) is 6.91. The van der Waals surface area contributed by atoms with Crippen molar-refractivity contribution in [2.24, 2.45) is 0 Å². The number of hydrogen-bond donors (Lipinski definition) is 2. The lowest BCUT2D eigenvalue weighted by molar-refractivity contribution is 0.699. The maximum Gasteiger partial charge on any atom is 0.166 e. The molecule has 2 N–H and O–H groups in total. The van der Waals surface area contributed by atoms with Gasteiger partial charge in [-0.25, -0.2) is 0 Å². The van der Waals surface area contributed by atoms with Gasteiger partial charge < -0.3 is 10.6 Å². The van der Waals surface area contributed by atoms with E-state index in [4.69, 9.17) is 12.2 Å². The molecule has 0 bridgehead atoms. The molecule has 76 valence electrons. The Labute approximate surface area is 89.9 Å². The third-order valence-electron chi connectivity index (χ3n) is 1.87. The molecule has 0 saturated heterocycles. The molecule has 0 radical (unpaired) electrons. The summed E-state index contributed by atoms with van der Waals surface area (Å²) >= 11 is 5.09. The zero-order valence-corrected chi connectivity index (χ0v) is 9.27. The largest absolute Gasteiger partial charge is 0.363 e. The van der Waals surface area contributed by atoms with Crippen molar-refractivity contribution in [1.82, 2.24) is 15.6 Å². The van der Waals surface area contributed by atoms with Crippen LogP contribution >= 0.6 is 12.2 Å². The Balaban J connectivity index is 2.50. The van der Waals surface area contributed by atoms with Gasteiger partial charge in [0.25, 0.3) is 0 Å². The first-order valence-corrected chi connectivity index (χ1v) is 5.09. The lowest BCUT2D eigenvalue weighted by Gasteiger charge is -2.16. The van der Waals surface area contributed by atoms with E-state index in [1.807, 2.05) is 25.3 Å². The van der Waals surface area contributed by atoms with Crippen molar-refractivity contribution in [3.63, 3.8) is 0 Å². The molecule has 0 fully saturated rings. The quantitative estimate of drug-likeness (QED) is 0.742. The molecule has 1 unspecified atom stereocenters. The molecule has 0 amide bonds. The summed E-state index contributed by atoms with van der Waals surface area (Å²) in [6, 6.07) is 4.14. The van der Waals surface area contributed by atoms with Crippen LogP contribution in [-0.4, -0.2) is 16.6 Å². The van der Waals surface area contributed by atoms with Gasteiger partial charge in [-0.15, -0.1) is 0 Å². The molecule has 1 rings (SSSR count). The maximum atomic E-state index is 5.09. The molecule has 3 nitrogen and oxygen atoms in total. The van der Waals surface area contributed by atoms with E-state index in [1.165, 1.54) is 0 Å². The molecule has 0 saturated carbocycles. The molecule has 0 aliphatic heterocycles. The molecule has 1 aromatic rings. The van der Waals surface area contributed by atoms with E-state index < -0.39 is 0 Å². The molecule has 0 aliphatic carbocycles. The molecule has 1 heterocycles. The van der Waals surface area contributed by atoms with Gasteiger partial charge in [0.2, 0.25) is 0 Å². The van der Waals surface area contributed by atoms with Crippen LogP contribution in [0.4, 0.5) is 0 Å². The molecule has 1 atom stereocenters. The predicted octanol–water partition coefficient (Wildman–Crippen LogP) is 1.63. The molecule has 4 heteroatoms. The van der Waals surface area contributed by atoms with Crippen molar-refractivity contribution in [2.45, 2.75) is 19.9 Å². The molecule has 0 aliphatic rings. The minimum Gasteiger partial charge on any atom is -0.363 e. The third kappa shape index (κ3) is 3.30. The van der Waals surface area contributed by atoms with Gasteiger partial charge in [-0.1, -0.05) is 6.07 Å². The lowest BCUT2D eigenvalue weighted by Crippen LogP contribution is -2.36. The summed E-state index contributed by atoms with van der Waals surface area (Å²) in [4.78, 5) is 4.06. The fourth-order valence-electron chi connectivity index (χ4n) is 1.12. The van der Waals surface area contributed by atoms with Gasteiger partial charge in [-0.2, -0.15) is 0 Å². The normalized spacial score (nSPS) is 11.9. The van der Waals surface area contributed by atoms with Gasteiger partial charge in [0.05, 0.1) is 6.04 Å². The fourth-order valence-corrected chi connectivity index (χ4v) is 1.44. The highest BCUT2D eigenvalue weighted by Crippen LogP contribution is 2.08. The van der Waals surface area contributed by atoms with Crippen LogP contribution in [0.3, 0.4) is 0 Å². The van der Waals surface area contributed by atoms with Crippen molar-refractivity contribution in [1.29, 1.82) is 0 Å². The van der Waals surface area contributed by atoms with Crippen LogP contribution in [0.2, 0.25) is 0 Å². The molecular formula is C10H15N3S. The standard InChI is InChI=1S/C10H15N3S/c1-3-12-10(14)13-8(2)9-5-4-6-11-7-9/h4-8H,3H2,1-2H3,(H2,12,13,14). The molecule has 0 aromatic carbocycles. The molecule has 14 heavy (non-hydrogen) atoms. The Hall–Kier alpha value is -1.16.